The number of carbonyl (C=O) groups excluding carboxylic acids is 2. The van der Waals surface area contributed by atoms with Crippen molar-refractivity contribution in [3.63, 3.8) is 0 Å². The van der Waals surface area contributed by atoms with Crippen LogP contribution >= 0.6 is 0 Å². The van der Waals surface area contributed by atoms with Gasteiger partial charge < -0.3 is 34.3 Å². The molecular formula is C25H32N2O7. The van der Waals surface area contributed by atoms with Gasteiger partial charge in [-0.05, 0) is 48.2 Å². The van der Waals surface area contributed by atoms with Gasteiger partial charge in [-0.25, -0.2) is 9.59 Å². The lowest BCUT2D eigenvalue weighted by atomic mass is 10.0. The molecule has 3 rings (SSSR count). The third-order valence-electron chi connectivity index (χ3n) is 5.77. The maximum Gasteiger partial charge on any atom is 0.453 e. The molecule has 0 aromatic heterocycles. The fraction of sp³-hybridized carbons (Fsp3) is 0.440. The molecule has 0 fully saturated rings. The molecule has 9 heteroatoms. The van der Waals surface area contributed by atoms with Crippen LogP contribution in [0.25, 0.3) is 0 Å². The quantitative estimate of drug-likeness (QED) is 0.398. The molecule has 0 saturated carbocycles. The molecule has 1 aliphatic rings. The van der Waals surface area contributed by atoms with Crippen LogP contribution in [0.1, 0.15) is 30.6 Å². The van der Waals surface area contributed by atoms with E-state index in [1.165, 1.54) is 0 Å². The summed E-state index contributed by atoms with van der Waals surface area (Å²) in [7, 11) is 6.19. The number of hydrogen-bond acceptors (Lipinski definition) is 9. The largest absolute Gasteiger partial charge is 0.463 e. The standard InChI is InChI=1S/C25H32N2O7/c1-6-18(26-15-20(28)17-8-7-9-19(14-17)27(2)3)12-16-10-11-21-22(13-16)34-25(33-21,23(29)31-4)24(30)32-5/h7-11,13-14,18,20,26,28H,6,12,15H2,1-5H3. The minimum atomic E-state index is -2.31. The van der Waals surface area contributed by atoms with E-state index in [0.29, 0.717) is 13.0 Å². The predicted molar refractivity (Wildman–Crippen MR) is 126 cm³/mol. The molecule has 1 heterocycles. The lowest BCUT2D eigenvalue weighted by Gasteiger charge is -2.21. The third kappa shape index (κ3) is 5.26. The lowest BCUT2D eigenvalue weighted by Crippen LogP contribution is -2.55. The van der Waals surface area contributed by atoms with Gasteiger partial charge in [0.05, 0.1) is 20.3 Å². The van der Waals surface area contributed by atoms with Crippen molar-refractivity contribution in [1.29, 1.82) is 0 Å². The van der Waals surface area contributed by atoms with Gasteiger partial charge in [-0.3, -0.25) is 0 Å². The Morgan fingerprint density at radius 3 is 2.35 bits per heavy atom. The van der Waals surface area contributed by atoms with Gasteiger partial charge >= 0.3 is 17.7 Å². The van der Waals surface area contributed by atoms with E-state index in [1.54, 1.807) is 12.1 Å². The first-order valence-electron chi connectivity index (χ1n) is 11.1. The van der Waals surface area contributed by atoms with Crippen LogP contribution in [0.4, 0.5) is 5.69 Å². The molecule has 2 N–H and O–H groups in total. The molecule has 9 nitrogen and oxygen atoms in total. The highest BCUT2D eigenvalue weighted by molar-refractivity contribution is 6.03. The van der Waals surface area contributed by atoms with Crippen LogP contribution < -0.4 is 19.7 Å². The Bertz CT molecular complexity index is 1010. The van der Waals surface area contributed by atoms with E-state index in [2.05, 4.69) is 21.7 Å². The van der Waals surface area contributed by atoms with Crippen LogP contribution in [0.15, 0.2) is 42.5 Å². The van der Waals surface area contributed by atoms with Gasteiger partial charge in [0.25, 0.3) is 0 Å². The summed E-state index contributed by atoms with van der Waals surface area (Å²) >= 11 is 0. The topological polar surface area (TPSA) is 107 Å². The number of esters is 2. The molecule has 0 bridgehead atoms. The van der Waals surface area contributed by atoms with Gasteiger partial charge in [0.2, 0.25) is 0 Å². The molecule has 0 amide bonds. The molecule has 0 saturated heterocycles. The molecule has 0 aliphatic carbocycles. The zero-order valence-electron chi connectivity index (χ0n) is 20.2. The van der Waals surface area contributed by atoms with Crippen LogP contribution in [0, 0.1) is 0 Å². The van der Waals surface area contributed by atoms with E-state index in [0.717, 1.165) is 37.5 Å². The number of methoxy groups -OCH3 is 2. The zero-order chi connectivity index (χ0) is 24.9. The van der Waals surface area contributed by atoms with Crippen molar-refractivity contribution in [2.45, 2.75) is 37.7 Å². The Labute approximate surface area is 199 Å². The third-order valence-corrected chi connectivity index (χ3v) is 5.77. The van der Waals surface area contributed by atoms with Crippen molar-refractivity contribution in [2.75, 3.05) is 39.8 Å². The van der Waals surface area contributed by atoms with Gasteiger partial charge in [-0.2, -0.15) is 0 Å². The van der Waals surface area contributed by atoms with E-state index in [9.17, 15) is 14.7 Å². The van der Waals surface area contributed by atoms with Gasteiger partial charge in [0.15, 0.2) is 11.5 Å². The van der Waals surface area contributed by atoms with Crippen molar-refractivity contribution in [1.82, 2.24) is 5.32 Å². The summed E-state index contributed by atoms with van der Waals surface area (Å²) in [6.45, 7) is 2.46. The maximum atomic E-state index is 12.2. The molecule has 0 radical (unpaired) electrons. The molecule has 2 aromatic carbocycles. The highest BCUT2D eigenvalue weighted by Crippen LogP contribution is 2.41. The van der Waals surface area contributed by atoms with Crippen LogP contribution in [0.5, 0.6) is 11.5 Å². The number of aliphatic hydroxyl groups excluding tert-OH is 1. The fourth-order valence-electron chi connectivity index (χ4n) is 3.74. The Hall–Kier alpha value is -3.30. The number of benzene rings is 2. The lowest BCUT2D eigenvalue weighted by molar-refractivity contribution is -0.199. The molecule has 1 aliphatic heterocycles. The summed E-state index contributed by atoms with van der Waals surface area (Å²) in [4.78, 5) is 26.5. The normalized spacial score (nSPS) is 15.4. The number of fused-ring (bicyclic) bond motifs is 1. The van der Waals surface area contributed by atoms with Crippen molar-refractivity contribution >= 4 is 17.6 Å². The second kappa shape index (κ2) is 10.8. The molecule has 2 unspecified atom stereocenters. The summed E-state index contributed by atoms with van der Waals surface area (Å²) in [5.74, 6) is -3.81. The highest BCUT2D eigenvalue weighted by atomic mass is 16.8. The number of hydrogen-bond donors (Lipinski definition) is 2. The number of ether oxygens (including phenoxy) is 4. The summed E-state index contributed by atoms with van der Waals surface area (Å²) < 4.78 is 20.5. The van der Waals surface area contributed by atoms with E-state index >= 15 is 0 Å². The Kier molecular flexibility index (Phi) is 8.01. The van der Waals surface area contributed by atoms with Crippen molar-refractivity contribution in [3.8, 4) is 11.5 Å². The van der Waals surface area contributed by atoms with Crippen LogP contribution in [0.2, 0.25) is 0 Å². The summed E-state index contributed by atoms with van der Waals surface area (Å²) in [5, 5.41) is 14.1. The first-order chi connectivity index (χ1) is 16.2. The van der Waals surface area contributed by atoms with E-state index in [4.69, 9.17) is 9.47 Å². The Morgan fingerprint density at radius 2 is 1.74 bits per heavy atom. The van der Waals surface area contributed by atoms with Gasteiger partial charge in [0.1, 0.15) is 0 Å². The Morgan fingerprint density at radius 1 is 1.06 bits per heavy atom. The van der Waals surface area contributed by atoms with E-state index in [1.807, 2.05) is 49.3 Å². The van der Waals surface area contributed by atoms with Crippen LogP contribution in [0.3, 0.4) is 0 Å². The second-order valence-electron chi connectivity index (χ2n) is 8.31. The van der Waals surface area contributed by atoms with Gasteiger partial charge in [0, 0.05) is 32.4 Å². The maximum absolute atomic E-state index is 12.2. The number of nitrogens with zero attached hydrogens (tertiary/aromatic N) is 1. The van der Waals surface area contributed by atoms with Crippen molar-refractivity contribution in [2.24, 2.45) is 0 Å². The first-order valence-corrected chi connectivity index (χ1v) is 11.1. The highest BCUT2D eigenvalue weighted by Gasteiger charge is 2.59. The molecule has 0 spiro atoms. The summed E-state index contributed by atoms with van der Waals surface area (Å²) in [5.41, 5.74) is 2.79. The number of rotatable bonds is 10. The molecule has 34 heavy (non-hydrogen) atoms. The SMILES string of the molecule is CCC(Cc1ccc2c(c1)OC(C(=O)OC)(C(=O)OC)O2)NCC(O)c1cccc(N(C)C)c1. The van der Waals surface area contributed by atoms with Gasteiger partial charge in [-0.15, -0.1) is 0 Å². The number of aliphatic hydroxyl groups is 1. The van der Waals surface area contributed by atoms with Gasteiger partial charge in [-0.1, -0.05) is 25.1 Å². The monoisotopic (exact) mass is 472 g/mol. The van der Waals surface area contributed by atoms with Crippen molar-refractivity contribution in [3.05, 3.63) is 53.6 Å². The summed E-state index contributed by atoms with van der Waals surface area (Å²) in [6.07, 6.45) is 0.820. The van der Waals surface area contributed by atoms with Crippen LogP contribution in [-0.2, 0) is 25.5 Å². The van der Waals surface area contributed by atoms with E-state index < -0.39 is 23.8 Å². The predicted octanol–water partition coefficient (Wildman–Crippen LogP) is 2.21. The minimum Gasteiger partial charge on any atom is -0.463 e. The molecule has 184 valence electrons. The number of nitrogens with one attached hydrogen (secondary N) is 1. The van der Waals surface area contributed by atoms with E-state index in [-0.39, 0.29) is 17.5 Å². The number of carbonyl (C=O) groups is 2. The minimum absolute atomic E-state index is 0.0815. The average Bonchev–Trinajstić information content (AvgIpc) is 3.25. The second-order valence-corrected chi connectivity index (χ2v) is 8.31. The number of anilines is 1. The first kappa shape index (κ1) is 25.3. The zero-order valence-corrected chi connectivity index (χ0v) is 20.2. The fourth-order valence-corrected chi connectivity index (χ4v) is 3.74. The molecule has 2 atom stereocenters. The smallest absolute Gasteiger partial charge is 0.453 e. The average molecular weight is 473 g/mol. The van der Waals surface area contributed by atoms with Crippen LogP contribution in [-0.4, -0.2) is 63.7 Å². The molecule has 2 aromatic rings. The molecular weight excluding hydrogens is 440 g/mol. The van der Waals surface area contributed by atoms with Crippen molar-refractivity contribution < 1.29 is 33.6 Å². The Balaban J connectivity index is 1.66. The summed E-state index contributed by atoms with van der Waals surface area (Å²) in [6, 6.07) is 13.1.